The Kier molecular flexibility index (Phi) is 6.01. The Morgan fingerprint density at radius 1 is 1.09 bits per heavy atom. The molecule has 1 fully saturated rings. The predicted molar refractivity (Wildman–Crippen MR) is 125 cm³/mol. The molecule has 0 saturated carbocycles. The summed E-state index contributed by atoms with van der Waals surface area (Å²) in [5.74, 6) is -0.469. The van der Waals surface area contributed by atoms with Gasteiger partial charge < -0.3 is 5.32 Å². The zero-order chi connectivity index (χ0) is 23.7. The second kappa shape index (κ2) is 9.11. The molecule has 0 radical (unpaired) electrons. The van der Waals surface area contributed by atoms with Crippen LogP contribution in [0.5, 0.6) is 0 Å². The van der Waals surface area contributed by atoms with E-state index in [9.17, 15) is 17.6 Å². The molecule has 2 aliphatic rings. The number of pyridine rings is 2. The summed E-state index contributed by atoms with van der Waals surface area (Å²) in [7, 11) is -3.84. The molecule has 0 spiro atoms. The lowest BCUT2D eigenvalue weighted by molar-refractivity contribution is 0.175. The highest BCUT2D eigenvalue weighted by atomic mass is 32.2. The number of benzene rings is 1. The molecule has 3 aromatic rings. The van der Waals surface area contributed by atoms with Crippen LogP contribution in [0, 0.1) is 5.82 Å². The van der Waals surface area contributed by atoms with Crippen molar-refractivity contribution in [2.75, 3.05) is 18.4 Å². The number of carbonyl (C=O) groups is 1. The molecule has 0 bridgehead atoms. The smallest absolute Gasteiger partial charge is 0.307 e. The third-order valence-electron chi connectivity index (χ3n) is 6.42. The number of nitrogens with zero attached hydrogens (tertiary/aromatic N) is 3. The van der Waals surface area contributed by atoms with Gasteiger partial charge in [-0.2, -0.15) is 0 Å². The molecule has 34 heavy (non-hydrogen) atoms. The Morgan fingerprint density at radius 2 is 1.88 bits per heavy atom. The van der Waals surface area contributed by atoms with E-state index in [4.69, 9.17) is 0 Å². The van der Waals surface area contributed by atoms with Gasteiger partial charge in [-0.25, -0.2) is 22.3 Å². The Bertz CT molecular complexity index is 1300. The minimum Gasteiger partial charge on any atom is -0.307 e. The predicted octanol–water partition coefficient (Wildman–Crippen LogP) is 3.03. The van der Waals surface area contributed by atoms with Gasteiger partial charge in [-0.05, 0) is 59.9 Å². The maximum atomic E-state index is 14.7. The van der Waals surface area contributed by atoms with E-state index in [1.54, 1.807) is 24.8 Å². The van der Waals surface area contributed by atoms with E-state index in [1.165, 1.54) is 12.1 Å². The molecular weight excluding hydrogens is 457 g/mol. The summed E-state index contributed by atoms with van der Waals surface area (Å²) in [6.45, 7) is 1.26. The molecule has 2 N–H and O–H groups in total. The Morgan fingerprint density at radius 3 is 2.62 bits per heavy atom. The van der Waals surface area contributed by atoms with Crippen molar-refractivity contribution in [3.63, 3.8) is 0 Å². The lowest BCUT2D eigenvalue weighted by atomic mass is 9.93. The van der Waals surface area contributed by atoms with Crippen molar-refractivity contribution >= 4 is 21.7 Å². The number of rotatable bonds is 6. The number of aromatic nitrogens is 2. The largest absolute Gasteiger partial charge is 0.332 e. The van der Waals surface area contributed by atoms with Crippen molar-refractivity contribution in [1.82, 2.24) is 19.6 Å². The van der Waals surface area contributed by atoms with Crippen LogP contribution in [-0.4, -0.2) is 47.7 Å². The van der Waals surface area contributed by atoms with Crippen LogP contribution < -0.4 is 10.0 Å². The second-order valence-electron chi connectivity index (χ2n) is 8.64. The van der Waals surface area contributed by atoms with Gasteiger partial charge in [-0.15, -0.1) is 0 Å². The third-order valence-corrected chi connectivity index (χ3v) is 8.06. The molecule has 2 amide bonds. The maximum Gasteiger partial charge on any atom is 0.332 e. The van der Waals surface area contributed by atoms with Crippen LogP contribution in [0.25, 0.3) is 0 Å². The molecule has 1 aliphatic carbocycles. The van der Waals surface area contributed by atoms with Gasteiger partial charge in [-0.3, -0.25) is 14.9 Å². The van der Waals surface area contributed by atoms with Crippen molar-refractivity contribution in [2.24, 2.45) is 0 Å². The van der Waals surface area contributed by atoms with Gasteiger partial charge >= 0.3 is 6.03 Å². The molecule has 2 aromatic heterocycles. The first-order valence-corrected chi connectivity index (χ1v) is 12.6. The van der Waals surface area contributed by atoms with E-state index >= 15 is 0 Å². The monoisotopic (exact) mass is 481 g/mol. The summed E-state index contributed by atoms with van der Waals surface area (Å²) < 4.78 is 42.2. The van der Waals surface area contributed by atoms with Crippen LogP contribution >= 0.6 is 0 Å². The molecule has 10 heteroatoms. The molecule has 1 atom stereocenters. The number of fused-ring (bicyclic) bond motifs is 1. The van der Waals surface area contributed by atoms with Crippen LogP contribution in [0.3, 0.4) is 0 Å². The molecule has 1 unspecified atom stereocenters. The lowest BCUT2D eigenvalue weighted by Gasteiger charge is -2.38. The highest BCUT2D eigenvalue weighted by molar-refractivity contribution is 7.90. The van der Waals surface area contributed by atoms with E-state index < -0.39 is 21.3 Å². The minimum absolute atomic E-state index is 0.132. The van der Waals surface area contributed by atoms with Crippen molar-refractivity contribution in [2.45, 2.75) is 30.6 Å². The summed E-state index contributed by atoms with van der Waals surface area (Å²) in [6, 6.07) is 9.43. The highest BCUT2D eigenvalue weighted by Gasteiger charge is 2.38. The standard InChI is InChI=1S/C24H24FN5O3S/c25-21-5-6-22(20-4-3-19(23(20)21)17-7-10-26-11-8-17)28-24(31)29-34(32,33)18-14-30(15-18)13-16-2-1-9-27-12-16/h1-2,5-12,18-19H,3-4,13-15H2,(H2,28,29,31). The van der Waals surface area contributed by atoms with Gasteiger partial charge in [0.15, 0.2) is 0 Å². The number of likely N-dealkylation sites (tertiary alicyclic amines) is 1. The number of hydrogen-bond acceptors (Lipinski definition) is 6. The third kappa shape index (κ3) is 4.51. The van der Waals surface area contributed by atoms with E-state index in [0.29, 0.717) is 49.3 Å². The average Bonchev–Trinajstić information content (AvgIpc) is 3.25. The molecule has 5 rings (SSSR count). The summed E-state index contributed by atoms with van der Waals surface area (Å²) in [6.07, 6.45) is 8.05. The van der Waals surface area contributed by atoms with E-state index in [2.05, 4.69) is 20.0 Å². The Labute approximate surface area is 197 Å². The normalized spacial score (nSPS) is 18.2. The molecule has 176 valence electrons. The first kappa shape index (κ1) is 22.4. The number of anilines is 1. The first-order chi connectivity index (χ1) is 16.4. The second-order valence-corrected chi connectivity index (χ2v) is 10.6. The number of nitrogens with one attached hydrogen (secondary N) is 2. The van der Waals surface area contributed by atoms with Gasteiger partial charge in [0.2, 0.25) is 10.0 Å². The fraction of sp³-hybridized carbons (Fsp3) is 0.292. The van der Waals surface area contributed by atoms with Gasteiger partial charge in [0.05, 0.1) is 0 Å². The van der Waals surface area contributed by atoms with Gasteiger partial charge in [-0.1, -0.05) is 6.07 Å². The first-order valence-electron chi connectivity index (χ1n) is 11.1. The van der Waals surface area contributed by atoms with Crippen LogP contribution in [0.15, 0.2) is 61.2 Å². The molecule has 1 saturated heterocycles. The number of amides is 2. The van der Waals surface area contributed by atoms with Gasteiger partial charge in [0.1, 0.15) is 11.1 Å². The van der Waals surface area contributed by atoms with Crippen molar-refractivity contribution < 1.29 is 17.6 Å². The minimum atomic E-state index is -3.84. The fourth-order valence-corrected chi connectivity index (χ4v) is 6.01. The summed E-state index contributed by atoms with van der Waals surface area (Å²) >= 11 is 0. The van der Waals surface area contributed by atoms with Gasteiger partial charge in [0.25, 0.3) is 0 Å². The van der Waals surface area contributed by atoms with Crippen LogP contribution in [-0.2, 0) is 23.0 Å². The molecule has 1 aromatic carbocycles. The van der Waals surface area contributed by atoms with Crippen LogP contribution in [0.4, 0.5) is 14.9 Å². The highest BCUT2D eigenvalue weighted by Crippen LogP contribution is 2.42. The number of hydrogen-bond donors (Lipinski definition) is 2. The Hall–Kier alpha value is -3.37. The maximum absolute atomic E-state index is 14.7. The zero-order valence-corrected chi connectivity index (χ0v) is 19.1. The van der Waals surface area contributed by atoms with Crippen molar-refractivity contribution in [3.8, 4) is 0 Å². The van der Waals surface area contributed by atoms with E-state index in [1.807, 2.05) is 29.2 Å². The summed E-state index contributed by atoms with van der Waals surface area (Å²) in [5.41, 5.74) is 3.61. The molecule has 8 nitrogen and oxygen atoms in total. The van der Waals surface area contributed by atoms with Gasteiger partial charge in [0, 0.05) is 61.6 Å². The van der Waals surface area contributed by atoms with Crippen molar-refractivity contribution in [1.29, 1.82) is 0 Å². The van der Waals surface area contributed by atoms with Crippen LogP contribution in [0.1, 0.15) is 34.6 Å². The quantitative estimate of drug-likeness (QED) is 0.561. The summed E-state index contributed by atoms with van der Waals surface area (Å²) in [4.78, 5) is 22.6. The SMILES string of the molecule is O=C(Nc1ccc(F)c2c1CCC2c1ccncc1)NS(=O)(=O)C1CN(Cc2cccnc2)C1. The zero-order valence-electron chi connectivity index (χ0n) is 18.3. The topological polar surface area (TPSA) is 104 Å². The van der Waals surface area contributed by atoms with Crippen LogP contribution in [0.2, 0.25) is 0 Å². The van der Waals surface area contributed by atoms with E-state index in [0.717, 1.165) is 11.1 Å². The Balaban J connectivity index is 1.23. The lowest BCUT2D eigenvalue weighted by Crippen LogP contribution is -2.58. The number of carbonyl (C=O) groups excluding carboxylic acids is 1. The number of halogens is 1. The summed E-state index contributed by atoms with van der Waals surface area (Å²) in [5, 5.41) is 1.95. The van der Waals surface area contributed by atoms with Crippen molar-refractivity contribution in [3.05, 3.63) is 89.3 Å². The fourth-order valence-electron chi connectivity index (χ4n) is 4.72. The number of urea groups is 1. The average molecular weight is 482 g/mol. The number of sulfonamides is 1. The van der Waals surface area contributed by atoms with E-state index in [-0.39, 0.29) is 11.7 Å². The molecule has 1 aliphatic heterocycles. The molecular formula is C24H24FN5O3S. The molecule has 3 heterocycles.